The molecule has 0 aliphatic heterocycles. The highest BCUT2D eigenvalue weighted by molar-refractivity contribution is 5.87. The first kappa shape index (κ1) is 42.9. The third kappa shape index (κ3) is 30.3. The van der Waals surface area contributed by atoms with E-state index in [0.29, 0.717) is 38.8 Å². The number of ether oxygens (including phenoxy) is 1. The Morgan fingerprint density at radius 2 is 0.911 bits per heavy atom. The van der Waals surface area contributed by atoms with Gasteiger partial charge in [-0.25, -0.2) is 0 Å². The molecule has 0 aliphatic carbocycles. The van der Waals surface area contributed by atoms with Crippen molar-refractivity contribution in [2.45, 2.75) is 193 Å². The van der Waals surface area contributed by atoms with E-state index in [0.717, 1.165) is 64.2 Å². The number of nitrogens with one attached hydrogen (secondary N) is 3. The first-order chi connectivity index (χ1) is 21.9. The number of rotatable bonds is 33. The number of hydrogen-bond donors (Lipinski definition) is 3. The van der Waals surface area contributed by atoms with Gasteiger partial charge in [-0.2, -0.15) is 0 Å². The van der Waals surface area contributed by atoms with Crippen molar-refractivity contribution in [3.8, 4) is 0 Å². The van der Waals surface area contributed by atoms with E-state index in [-0.39, 0.29) is 23.7 Å². The van der Waals surface area contributed by atoms with Crippen LogP contribution in [0, 0.1) is 0 Å². The quantitative estimate of drug-likeness (QED) is 0.0494. The summed E-state index contributed by atoms with van der Waals surface area (Å²) in [7, 11) is 1.39. The largest absolute Gasteiger partial charge is 0.469 e. The first-order valence-electron chi connectivity index (χ1n) is 18.8. The van der Waals surface area contributed by atoms with Crippen molar-refractivity contribution in [1.29, 1.82) is 0 Å². The molecule has 3 amide bonds. The Bertz CT molecular complexity index is 731. The van der Waals surface area contributed by atoms with Crippen molar-refractivity contribution in [1.82, 2.24) is 16.0 Å². The molecule has 0 aromatic carbocycles. The predicted molar refractivity (Wildman–Crippen MR) is 186 cm³/mol. The predicted octanol–water partition coefficient (Wildman–Crippen LogP) is 8.45. The van der Waals surface area contributed by atoms with Crippen LogP contribution in [0.3, 0.4) is 0 Å². The standard InChI is InChI=1S/C37H71N3O5/c1-4-6-8-10-12-14-16-18-21-28-34(41)38-31-26-24-27-33(37(44)39-32-25-20-23-30-36(43)45-3)40-35(42)29-22-19-17-15-13-11-9-7-5-2/h33H,4-32H2,1-3H3,(H,38,41)(H,39,44)(H,40,42)/t33-/m0/s1. The van der Waals surface area contributed by atoms with Gasteiger partial charge >= 0.3 is 5.97 Å². The molecule has 0 bridgehead atoms. The summed E-state index contributed by atoms with van der Waals surface area (Å²) in [5.74, 6) is -0.328. The number of esters is 1. The summed E-state index contributed by atoms with van der Waals surface area (Å²) in [6, 6.07) is -0.566. The van der Waals surface area contributed by atoms with Crippen molar-refractivity contribution in [3.63, 3.8) is 0 Å². The summed E-state index contributed by atoms with van der Waals surface area (Å²) >= 11 is 0. The van der Waals surface area contributed by atoms with Gasteiger partial charge < -0.3 is 20.7 Å². The van der Waals surface area contributed by atoms with Crippen molar-refractivity contribution in [2.75, 3.05) is 20.2 Å². The smallest absolute Gasteiger partial charge is 0.305 e. The van der Waals surface area contributed by atoms with Crippen LogP contribution in [-0.2, 0) is 23.9 Å². The molecular weight excluding hydrogens is 566 g/mol. The molecule has 8 nitrogen and oxygen atoms in total. The van der Waals surface area contributed by atoms with Crippen LogP contribution in [0.15, 0.2) is 0 Å². The summed E-state index contributed by atoms with van der Waals surface area (Å²) in [4.78, 5) is 49.1. The molecule has 0 heterocycles. The highest BCUT2D eigenvalue weighted by atomic mass is 16.5. The molecule has 45 heavy (non-hydrogen) atoms. The number of hydrogen-bond acceptors (Lipinski definition) is 5. The lowest BCUT2D eigenvalue weighted by Gasteiger charge is -2.19. The zero-order valence-electron chi connectivity index (χ0n) is 29.6. The molecule has 0 saturated carbocycles. The van der Waals surface area contributed by atoms with Gasteiger partial charge in [-0.05, 0) is 44.9 Å². The second kappa shape index (κ2) is 33.2. The van der Waals surface area contributed by atoms with Gasteiger partial charge in [0, 0.05) is 32.4 Å². The van der Waals surface area contributed by atoms with E-state index >= 15 is 0 Å². The van der Waals surface area contributed by atoms with Crippen LogP contribution in [-0.4, -0.2) is 49.9 Å². The second-order valence-corrected chi connectivity index (χ2v) is 12.8. The van der Waals surface area contributed by atoms with Crippen molar-refractivity contribution >= 4 is 23.7 Å². The molecule has 8 heteroatoms. The number of methoxy groups -OCH3 is 1. The van der Waals surface area contributed by atoms with E-state index in [4.69, 9.17) is 0 Å². The first-order valence-corrected chi connectivity index (χ1v) is 18.8. The molecule has 0 aromatic rings. The molecule has 1 atom stereocenters. The van der Waals surface area contributed by atoms with Gasteiger partial charge in [-0.15, -0.1) is 0 Å². The average molecular weight is 638 g/mol. The Hall–Kier alpha value is -2.12. The summed E-state index contributed by atoms with van der Waals surface area (Å²) in [6.45, 7) is 5.58. The second-order valence-electron chi connectivity index (χ2n) is 12.8. The topological polar surface area (TPSA) is 114 Å². The number of amides is 3. The number of carbonyl (C=O) groups is 4. The van der Waals surface area contributed by atoms with Crippen molar-refractivity contribution < 1.29 is 23.9 Å². The van der Waals surface area contributed by atoms with E-state index < -0.39 is 6.04 Å². The van der Waals surface area contributed by atoms with Gasteiger partial charge in [0.1, 0.15) is 6.04 Å². The monoisotopic (exact) mass is 638 g/mol. The van der Waals surface area contributed by atoms with Crippen LogP contribution >= 0.6 is 0 Å². The Labute approximate surface area is 276 Å². The molecule has 0 aliphatic rings. The average Bonchev–Trinajstić information content (AvgIpc) is 3.03. The Morgan fingerprint density at radius 3 is 1.44 bits per heavy atom. The van der Waals surface area contributed by atoms with E-state index in [9.17, 15) is 19.2 Å². The van der Waals surface area contributed by atoms with Gasteiger partial charge in [0.2, 0.25) is 17.7 Å². The fraction of sp³-hybridized carbons (Fsp3) is 0.892. The third-order valence-corrected chi connectivity index (χ3v) is 8.49. The molecular formula is C37H71N3O5. The van der Waals surface area contributed by atoms with Gasteiger partial charge in [0.25, 0.3) is 0 Å². The highest BCUT2D eigenvalue weighted by Gasteiger charge is 2.20. The molecule has 3 N–H and O–H groups in total. The summed E-state index contributed by atoms with van der Waals surface area (Å²) in [5.41, 5.74) is 0. The molecule has 0 fully saturated rings. The van der Waals surface area contributed by atoms with Crippen molar-refractivity contribution in [3.05, 3.63) is 0 Å². The molecule has 0 spiro atoms. The van der Waals surface area contributed by atoms with Gasteiger partial charge in [-0.1, -0.05) is 123 Å². The minimum absolute atomic E-state index is 0.0644. The van der Waals surface area contributed by atoms with Gasteiger partial charge in [0.15, 0.2) is 0 Å². The van der Waals surface area contributed by atoms with Crippen LogP contribution in [0.25, 0.3) is 0 Å². The lowest BCUT2D eigenvalue weighted by molar-refractivity contribution is -0.140. The van der Waals surface area contributed by atoms with Crippen LogP contribution in [0.4, 0.5) is 0 Å². The lowest BCUT2D eigenvalue weighted by atomic mass is 10.1. The fourth-order valence-electron chi connectivity index (χ4n) is 5.53. The number of unbranched alkanes of at least 4 members (excludes halogenated alkanes) is 19. The fourth-order valence-corrected chi connectivity index (χ4v) is 5.53. The molecule has 0 radical (unpaired) electrons. The normalized spacial score (nSPS) is 11.6. The summed E-state index contributed by atoms with van der Waals surface area (Å²) in [5, 5.41) is 8.96. The maximum atomic E-state index is 13.0. The van der Waals surface area contributed by atoms with E-state index in [2.05, 4.69) is 34.5 Å². The van der Waals surface area contributed by atoms with Crippen LogP contribution in [0.5, 0.6) is 0 Å². The Morgan fingerprint density at radius 1 is 0.489 bits per heavy atom. The minimum atomic E-state index is -0.566. The zero-order chi connectivity index (χ0) is 33.2. The van der Waals surface area contributed by atoms with Gasteiger partial charge in [0.05, 0.1) is 7.11 Å². The molecule has 264 valence electrons. The van der Waals surface area contributed by atoms with Crippen LogP contribution in [0.2, 0.25) is 0 Å². The molecule has 0 saturated heterocycles. The third-order valence-electron chi connectivity index (χ3n) is 8.49. The molecule has 0 unspecified atom stereocenters. The summed E-state index contributed by atoms with van der Waals surface area (Å²) < 4.78 is 4.67. The summed E-state index contributed by atoms with van der Waals surface area (Å²) in [6.07, 6.45) is 27.7. The minimum Gasteiger partial charge on any atom is -0.469 e. The zero-order valence-corrected chi connectivity index (χ0v) is 29.6. The molecule has 0 rings (SSSR count). The van der Waals surface area contributed by atoms with E-state index in [1.54, 1.807) is 0 Å². The highest BCUT2D eigenvalue weighted by Crippen LogP contribution is 2.12. The SMILES string of the molecule is CCCCCCCCCCCC(=O)NCCCC[C@H](NC(=O)CCCCCCCCCCC)C(=O)NCCCCCC(=O)OC. The lowest BCUT2D eigenvalue weighted by Crippen LogP contribution is -2.47. The maximum absolute atomic E-state index is 13.0. The molecule has 0 aromatic heterocycles. The Kier molecular flexibility index (Phi) is 31.7. The maximum Gasteiger partial charge on any atom is 0.305 e. The van der Waals surface area contributed by atoms with Crippen LogP contribution < -0.4 is 16.0 Å². The van der Waals surface area contributed by atoms with E-state index in [1.807, 2.05) is 0 Å². The van der Waals surface area contributed by atoms with Crippen molar-refractivity contribution in [2.24, 2.45) is 0 Å². The Balaban J connectivity index is 4.31. The number of carbonyl (C=O) groups excluding carboxylic acids is 4. The van der Waals surface area contributed by atoms with E-state index in [1.165, 1.54) is 90.6 Å². The van der Waals surface area contributed by atoms with Crippen LogP contribution in [0.1, 0.15) is 187 Å². The van der Waals surface area contributed by atoms with Gasteiger partial charge in [-0.3, -0.25) is 19.2 Å².